The average Bonchev–Trinajstić information content (AvgIpc) is 3.18. The second-order valence-electron chi connectivity index (χ2n) is 6.32. The van der Waals surface area contributed by atoms with Gasteiger partial charge in [-0.15, -0.1) is 0 Å². The van der Waals surface area contributed by atoms with E-state index in [1.54, 1.807) is 29.2 Å². The molecule has 28 heavy (non-hydrogen) atoms. The second-order valence-corrected chi connectivity index (χ2v) is 6.32. The Kier molecular flexibility index (Phi) is 4.72. The van der Waals surface area contributed by atoms with Crippen LogP contribution in [0.15, 0.2) is 60.9 Å². The van der Waals surface area contributed by atoms with Gasteiger partial charge >= 0.3 is 5.97 Å². The van der Waals surface area contributed by atoms with Gasteiger partial charge in [-0.2, -0.15) is 0 Å². The lowest BCUT2D eigenvalue weighted by atomic mass is 10.2. The number of nitrogens with one attached hydrogen (secondary N) is 1. The summed E-state index contributed by atoms with van der Waals surface area (Å²) >= 11 is 0. The summed E-state index contributed by atoms with van der Waals surface area (Å²) in [6.07, 6.45) is 3.83. The highest BCUT2D eigenvalue weighted by Gasteiger charge is 2.26. The maximum absolute atomic E-state index is 12.8. The molecule has 1 aliphatic heterocycles. The molecule has 0 spiro atoms. The van der Waals surface area contributed by atoms with Crippen molar-refractivity contribution >= 4 is 29.1 Å². The number of benzene rings is 2. The summed E-state index contributed by atoms with van der Waals surface area (Å²) in [6, 6.07) is 14.7. The van der Waals surface area contributed by atoms with Crippen molar-refractivity contribution in [1.82, 2.24) is 9.97 Å². The van der Waals surface area contributed by atoms with Crippen molar-refractivity contribution in [3.63, 3.8) is 0 Å². The Morgan fingerprint density at radius 3 is 2.54 bits per heavy atom. The third kappa shape index (κ3) is 3.42. The molecule has 0 saturated carbocycles. The number of carbonyl (C=O) groups excluding carboxylic acids is 2. The Hall–Kier alpha value is -3.74. The minimum Gasteiger partial charge on any atom is -0.465 e. The molecule has 0 aliphatic carbocycles. The van der Waals surface area contributed by atoms with Crippen LogP contribution in [0.1, 0.15) is 26.4 Å². The van der Waals surface area contributed by atoms with E-state index in [0.29, 0.717) is 23.6 Å². The van der Waals surface area contributed by atoms with Gasteiger partial charge in [-0.25, -0.2) is 14.8 Å². The van der Waals surface area contributed by atoms with Crippen LogP contribution in [0.3, 0.4) is 0 Å². The lowest BCUT2D eigenvalue weighted by Gasteiger charge is -2.16. The molecule has 7 heteroatoms. The maximum Gasteiger partial charge on any atom is 0.337 e. The van der Waals surface area contributed by atoms with Crippen LogP contribution in [-0.2, 0) is 11.2 Å². The fourth-order valence-corrected chi connectivity index (χ4v) is 3.15. The van der Waals surface area contributed by atoms with Crippen molar-refractivity contribution in [2.24, 2.45) is 0 Å². The molecule has 1 aromatic heterocycles. The number of rotatable bonds is 4. The van der Waals surface area contributed by atoms with Crippen molar-refractivity contribution in [2.75, 3.05) is 23.9 Å². The molecule has 3 aromatic rings. The van der Waals surface area contributed by atoms with Crippen LogP contribution in [0.25, 0.3) is 0 Å². The summed E-state index contributed by atoms with van der Waals surface area (Å²) in [5.41, 5.74) is 3.60. The van der Waals surface area contributed by atoms with E-state index in [0.717, 1.165) is 23.4 Å². The molecule has 1 N–H and O–H groups in total. The van der Waals surface area contributed by atoms with E-state index >= 15 is 0 Å². The number of aromatic nitrogens is 2. The molecule has 2 heterocycles. The fraction of sp³-hybridized carbons (Fsp3) is 0.143. The number of ether oxygens (including phenoxy) is 1. The molecule has 7 nitrogen and oxygen atoms in total. The number of hydrogen-bond acceptors (Lipinski definition) is 6. The Bertz CT molecular complexity index is 1020. The van der Waals surface area contributed by atoms with Crippen LogP contribution in [0.5, 0.6) is 0 Å². The van der Waals surface area contributed by atoms with Gasteiger partial charge in [0.25, 0.3) is 5.91 Å². The number of methoxy groups -OCH3 is 1. The zero-order chi connectivity index (χ0) is 19.5. The van der Waals surface area contributed by atoms with Gasteiger partial charge in [0.15, 0.2) is 0 Å². The molecule has 1 amide bonds. The minimum atomic E-state index is -0.391. The van der Waals surface area contributed by atoms with Crippen LogP contribution in [0, 0.1) is 0 Å². The third-order valence-corrected chi connectivity index (χ3v) is 4.58. The Morgan fingerprint density at radius 1 is 1.04 bits per heavy atom. The summed E-state index contributed by atoms with van der Waals surface area (Å²) < 4.78 is 4.68. The summed E-state index contributed by atoms with van der Waals surface area (Å²) in [5.74, 6) is -0.0479. The number of para-hydroxylation sites is 1. The monoisotopic (exact) mass is 374 g/mol. The number of esters is 1. The first-order valence-corrected chi connectivity index (χ1v) is 8.83. The van der Waals surface area contributed by atoms with Crippen molar-refractivity contribution < 1.29 is 14.3 Å². The maximum atomic E-state index is 12.8. The standard InChI is InChI=1S/C21H18N4O3/c1-28-21(27)15-6-8-16(9-7-15)24-19-13-22-17(12-23-19)20(26)25-11-10-14-4-2-3-5-18(14)25/h2-9,12-13H,10-11H2,1H3,(H,23,24). The molecule has 0 fully saturated rings. The van der Waals surface area contributed by atoms with E-state index in [9.17, 15) is 9.59 Å². The highest BCUT2D eigenvalue weighted by molar-refractivity contribution is 6.05. The first kappa shape index (κ1) is 17.7. The molecule has 0 saturated heterocycles. The summed E-state index contributed by atoms with van der Waals surface area (Å²) in [6.45, 7) is 0.645. The van der Waals surface area contributed by atoms with E-state index in [2.05, 4.69) is 20.0 Å². The molecule has 0 radical (unpaired) electrons. The molecule has 0 unspecified atom stereocenters. The lowest BCUT2D eigenvalue weighted by Crippen LogP contribution is -2.29. The van der Waals surface area contributed by atoms with E-state index < -0.39 is 5.97 Å². The lowest BCUT2D eigenvalue weighted by molar-refractivity contribution is 0.0600. The topological polar surface area (TPSA) is 84.4 Å². The predicted molar refractivity (Wildman–Crippen MR) is 105 cm³/mol. The third-order valence-electron chi connectivity index (χ3n) is 4.58. The second kappa shape index (κ2) is 7.48. The van der Waals surface area contributed by atoms with Gasteiger partial charge in [-0.3, -0.25) is 4.79 Å². The zero-order valence-corrected chi connectivity index (χ0v) is 15.3. The number of nitrogens with zero attached hydrogens (tertiary/aromatic N) is 3. The van der Waals surface area contributed by atoms with Crippen LogP contribution >= 0.6 is 0 Å². The molecule has 4 rings (SSSR count). The summed E-state index contributed by atoms with van der Waals surface area (Å²) in [7, 11) is 1.34. The average molecular weight is 374 g/mol. The highest BCUT2D eigenvalue weighted by atomic mass is 16.5. The Balaban J connectivity index is 1.46. The van der Waals surface area contributed by atoms with Gasteiger partial charge in [0.2, 0.25) is 0 Å². The van der Waals surface area contributed by atoms with Crippen LogP contribution in [-0.4, -0.2) is 35.5 Å². The zero-order valence-electron chi connectivity index (χ0n) is 15.3. The predicted octanol–water partition coefficient (Wildman–Crippen LogP) is 3.21. The normalized spacial score (nSPS) is 12.4. The highest BCUT2D eigenvalue weighted by Crippen LogP contribution is 2.28. The van der Waals surface area contributed by atoms with Gasteiger partial charge in [0.05, 0.1) is 25.1 Å². The minimum absolute atomic E-state index is 0.161. The van der Waals surface area contributed by atoms with Crippen molar-refractivity contribution in [2.45, 2.75) is 6.42 Å². The van der Waals surface area contributed by atoms with Gasteiger partial charge in [0.1, 0.15) is 11.5 Å². The molecule has 2 aromatic carbocycles. The van der Waals surface area contributed by atoms with E-state index in [4.69, 9.17) is 0 Å². The first-order chi connectivity index (χ1) is 13.7. The molecule has 0 bridgehead atoms. The fourth-order valence-electron chi connectivity index (χ4n) is 3.15. The molecule has 1 aliphatic rings. The van der Waals surface area contributed by atoms with Crippen molar-refractivity contribution in [3.8, 4) is 0 Å². The SMILES string of the molecule is COC(=O)c1ccc(Nc2cnc(C(=O)N3CCc4ccccc43)cn2)cc1. The Labute approximate surface area is 162 Å². The number of anilines is 3. The van der Waals surface area contributed by atoms with Crippen molar-refractivity contribution in [1.29, 1.82) is 0 Å². The Morgan fingerprint density at radius 2 is 1.82 bits per heavy atom. The number of carbonyl (C=O) groups is 2. The van der Waals surface area contributed by atoms with Crippen molar-refractivity contribution in [3.05, 3.63) is 77.7 Å². The largest absolute Gasteiger partial charge is 0.465 e. The van der Waals surface area contributed by atoms with Gasteiger partial charge in [0, 0.05) is 17.9 Å². The van der Waals surface area contributed by atoms with Crippen LogP contribution < -0.4 is 10.2 Å². The van der Waals surface area contributed by atoms with Gasteiger partial charge < -0.3 is 15.0 Å². The van der Waals surface area contributed by atoms with Gasteiger partial charge in [-0.05, 0) is 42.3 Å². The smallest absolute Gasteiger partial charge is 0.337 e. The summed E-state index contributed by atoms with van der Waals surface area (Å²) in [5, 5.41) is 3.09. The molecule has 0 atom stereocenters. The molecular weight excluding hydrogens is 356 g/mol. The van der Waals surface area contributed by atoms with Crippen LogP contribution in [0.4, 0.5) is 17.2 Å². The molecular formula is C21H18N4O3. The van der Waals surface area contributed by atoms with E-state index in [-0.39, 0.29) is 5.91 Å². The van der Waals surface area contributed by atoms with E-state index in [1.807, 2.05) is 24.3 Å². The van der Waals surface area contributed by atoms with E-state index in [1.165, 1.54) is 19.5 Å². The quantitative estimate of drug-likeness (QED) is 0.706. The number of amides is 1. The van der Waals surface area contributed by atoms with Gasteiger partial charge in [-0.1, -0.05) is 18.2 Å². The number of hydrogen-bond donors (Lipinski definition) is 1. The summed E-state index contributed by atoms with van der Waals surface area (Å²) in [4.78, 5) is 34.5. The van der Waals surface area contributed by atoms with Crippen LogP contribution in [0.2, 0.25) is 0 Å². The number of fused-ring (bicyclic) bond motifs is 1. The molecule has 140 valence electrons. The first-order valence-electron chi connectivity index (χ1n) is 8.83.